The second-order valence-corrected chi connectivity index (χ2v) is 4.07. The minimum absolute atomic E-state index is 0.476. The largest absolute Gasteiger partial charge is 0.390 e. The molecule has 0 aromatic heterocycles. The summed E-state index contributed by atoms with van der Waals surface area (Å²) in [6, 6.07) is 0. The molecule has 0 aliphatic heterocycles. The van der Waals surface area contributed by atoms with Gasteiger partial charge in [-0.25, -0.2) is 0 Å². The molecule has 0 spiro atoms. The van der Waals surface area contributed by atoms with E-state index >= 15 is 0 Å². The molecule has 2 aliphatic rings. The first kappa shape index (κ1) is 6.62. The molecule has 2 N–H and O–H groups in total. The van der Waals surface area contributed by atoms with Gasteiger partial charge in [-0.1, -0.05) is 0 Å². The predicted molar refractivity (Wildman–Crippen MR) is 37.5 cm³/mol. The van der Waals surface area contributed by atoms with Gasteiger partial charge >= 0.3 is 0 Å². The van der Waals surface area contributed by atoms with E-state index in [1.165, 1.54) is 6.42 Å². The number of fused-ring (bicyclic) bond motifs is 1. The molecule has 0 radical (unpaired) electrons. The smallest absolute Gasteiger partial charge is 0.0880 e. The van der Waals surface area contributed by atoms with Gasteiger partial charge in [0, 0.05) is 0 Å². The van der Waals surface area contributed by atoms with Gasteiger partial charge in [-0.3, -0.25) is 0 Å². The van der Waals surface area contributed by atoms with Crippen LogP contribution in [-0.2, 0) is 0 Å². The van der Waals surface area contributed by atoms with Gasteiger partial charge in [0.05, 0.1) is 11.7 Å². The molecule has 0 saturated heterocycles. The highest BCUT2D eigenvalue weighted by Crippen LogP contribution is 2.52. The molecule has 0 aromatic rings. The van der Waals surface area contributed by atoms with Crippen molar-refractivity contribution in [3.05, 3.63) is 0 Å². The van der Waals surface area contributed by atoms with Crippen LogP contribution in [0.25, 0.3) is 0 Å². The zero-order valence-electron chi connectivity index (χ0n) is 6.25. The molecule has 2 fully saturated rings. The lowest BCUT2D eigenvalue weighted by Gasteiger charge is -2.32. The summed E-state index contributed by atoms with van der Waals surface area (Å²) in [6.07, 6.45) is 2.38. The van der Waals surface area contributed by atoms with Gasteiger partial charge in [-0.15, -0.1) is 0 Å². The maximum atomic E-state index is 9.59. The first-order chi connectivity index (χ1) is 4.59. The SMILES string of the molecule is C[C@@]1(O)C[C@H]2C[C@H]2C[C@H]1O. The van der Waals surface area contributed by atoms with Crippen molar-refractivity contribution in [1.29, 1.82) is 0 Å². The molecule has 0 amide bonds. The average Bonchev–Trinajstić information content (AvgIpc) is 2.44. The molecule has 2 nitrogen and oxygen atoms in total. The fourth-order valence-corrected chi connectivity index (χ4v) is 2.06. The van der Waals surface area contributed by atoms with Crippen LogP contribution in [0.4, 0.5) is 0 Å². The quantitative estimate of drug-likeness (QED) is 0.518. The van der Waals surface area contributed by atoms with E-state index in [4.69, 9.17) is 0 Å². The van der Waals surface area contributed by atoms with Gasteiger partial charge in [0.15, 0.2) is 0 Å². The van der Waals surface area contributed by atoms with Crippen LogP contribution in [-0.4, -0.2) is 21.9 Å². The Labute approximate surface area is 60.9 Å². The molecule has 0 unspecified atom stereocenters. The van der Waals surface area contributed by atoms with Crippen LogP contribution in [0.3, 0.4) is 0 Å². The molecule has 2 rings (SSSR count). The zero-order valence-corrected chi connectivity index (χ0v) is 6.25. The van der Waals surface area contributed by atoms with Crippen molar-refractivity contribution < 1.29 is 10.2 Å². The molecule has 10 heavy (non-hydrogen) atoms. The summed E-state index contributed by atoms with van der Waals surface area (Å²) in [5, 5.41) is 19.0. The monoisotopic (exact) mass is 142 g/mol. The molecule has 2 aliphatic carbocycles. The minimum Gasteiger partial charge on any atom is -0.390 e. The first-order valence-electron chi connectivity index (χ1n) is 4.00. The summed E-state index contributed by atoms with van der Waals surface area (Å²) in [5.41, 5.74) is -0.794. The minimum atomic E-state index is -0.794. The Bertz CT molecular complexity index is 153. The van der Waals surface area contributed by atoms with Crippen LogP contribution >= 0.6 is 0 Å². The molecule has 58 valence electrons. The second kappa shape index (κ2) is 1.74. The van der Waals surface area contributed by atoms with Gasteiger partial charge in [0.2, 0.25) is 0 Å². The van der Waals surface area contributed by atoms with Crippen LogP contribution in [0.2, 0.25) is 0 Å². The predicted octanol–water partition coefficient (Wildman–Crippen LogP) is 0.528. The summed E-state index contributed by atoms with van der Waals surface area (Å²) in [7, 11) is 0. The van der Waals surface area contributed by atoms with E-state index in [1.54, 1.807) is 6.92 Å². The highest BCUT2D eigenvalue weighted by molar-refractivity contribution is 5.01. The van der Waals surface area contributed by atoms with Gasteiger partial charge < -0.3 is 10.2 Å². The van der Waals surface area contributed by atoms with Crippen molar-refractivity contribution in [3.8, 4) is 0 Å². The molecular weight excluding hydrogens is 128 g/mol. The Morgan fingerprint density at radius 1 is 1.30 bits per heavy atom. The van der Waals surface area contributed by atoms with Crippen LogP contribution < -0.4 is 0 Å². The molecule has 0 aromatic carbocycles. The Hall–Kier alpha value is -0.0800. The van der Waals surface area contributed by atoms with Crippen molar-refractivity contribution in [3.63, 3.8) is 0 Å². The van der Waals surface area contributed by atoms with Gasteiger partial charge in [-0.05, 0) is 38.0 Å². The van der Waals surface area contributed by atoms with Crippen molar-refractivity contribution in [1.82, 2.24) is 0 Å². The number of aliphatic hydroxyl groups excluding tert-OH is 1. The molecule has 0 heterocycles. The number of aliphatic hydroxyl groups is 2. The van der Waals surface area contributed by atoms with Gasteiger partial charge in [-0.2, -0.15) is 0 Å². The fraction of sp³-hybridized carbons (Fsp3) is 1.00. The summed E-state index contributed by atoms with van der Waals surface area (Å²) < 4.78 is 0. The Morgan fingerprint density at radius 2 is 2.00 bits per heavy atom. The van der Waals surface area contributed by atoms with Crippen LogP contribution in [0.5, 0.6) is 0 Å². The second-order valence-electron chi connectivity index (χ2n) is 4.07. The summed E-state index contributed by atoms with van der Waals surface area (Å²) in [6.45, 7) is 1.74. The number of hydrogen-bond donors (Lipinski definition) is 2. The molecular formula is C8H14O2. The van der Waals surface area contributed by atoms with Crippen LogP contribution in [0.1, 0.15) is 26.2 Å². The van der Waals surface area contributed by atoms with E-state index in [1.807, 2.05) is 0 Å². The third kappa shape index (κ3) is 0.867. The van der Waals surface area contributed by atoms with E-state index in [0.29, 0.717) is 0 Å². The summed E-state index contributed by atoms with van der Waals surface area (Å²) in [4.78, 5) is 0. The van der Waals surface area contributed by atoms with Crippen LogP contribution in [0.15, 0.2) is 0 Å². The van der Waals surface area contributed by atoms with E-state index in [0.717, 1.165) is 24.7 Å². The van der Waals surface area contributed by atoms with Crippen molar-refractivity contribution in [2.45, 2.75) is 37.9 Å². The Balaban J connectivity index is 2.08. The number of hydrogen-bond acceptors (Lipinski definition) is 2. The third-order valence-corrected chi connectivity index (χ3v) is 2.99. The lowest BCUT2D eigenvalue weighted by molar-refractivity contribution is -0.0892. The Morgan fingerprint density at radius 3 is 2.60 bits per heavy atom. The number of rotatable bonds is 0. The zero-order chi connectivity index (χ0) is 7.35. The van der Waals surface area contributed by atoms with E-state index < -0.39 is 11.7 Å². The summed E-state index contributed by atoms with van der Waals surface area (Å²) in [5.74, 6) is 1.45. The molecule has 0 bridgehead atoms. The molecule has 4 atom stereocenters. The fourth-order valence-electron chi connectivity index (χ4n) is 2.06. The highest BCUT2D eigenvalue weighted by atomic mass is 16.3. The molecule has 2 heteroatoms. The van der Waals surface area contributed by atoms with Crippen molar-refractivity contribution in [2.75, 3.05) is 0 Å². The van der Waals surface area contributed by atoms with Gasteiger partial charge in [0.25, 0.3) is 0 Å². The first-order valence-corrected chi connectivity index (χ1v) is 4.00. The Kier molecular flexibility index (Phi) is 1.15. The van der Waals surface area contributed by atoms with Gasteiger partial charge in [0.1, 0.15) is 0 Å². The van der Waals surface area contributed by atoms with E-state index in [-0.39, 0.29) is 0 Å². The lowest BCUT2D eigenvalue weighted by Crippen LogP contribution is -2.42. The average molecular weight is 142 g/mol. The van der Waals surface area contributed by atoms with Crippen molar-refractivity contribution >= 4 is 0 Å². The highest BCUT2D eigenvalue weighted by Gasteiger charge is 2.50. The third-order valence-electron chi connectivity index (χ3n) is 2.99. The van der Waals surface area contributed by atoms with E-state index in [2.05, 4.69) is 0 Å². The molecule has 2 saturated carbocycles. The topological polar surface area (TPSA) is 40.5 Å². The normalized spacial score (nSPS) is 59.7. The van der Waals surface area contributed by atoms with Crippen LogP contribution in [0, 0.1) is 11.8 Å². The summed E-state index contributed by atoms with van der Waals surface area (Å²) >= 11 is 0. The van der Waals surface area contributed by atoms with Crippen molar-refractivity contribution in [2.24, 2.45) is 11.8 Å². The maximum Gasteiger partial charge on any atom is 0.0880 e. The maximum absolute atomic E-state index is 9.59. The standard InChI is InChI=1S/C8H14O2/c1-8(10)4-6-2-5(6)3-7(8)9/h5-7,9-10H,2-4H2,1H3/t5-,6+,7+,8+/m0/s1. The van der Waals surface area contributed by atoms with E-state index in [9.17, 15) is 10.2 Å². The lowest BCUT2D eigenvalue weighted by atomic mass is 9.84.